The summed E-state index contributed by atoms with van der Waals surface area (Å²) in [5.74, 6) is 0.838. The van der Waals surface area contributed by atoms with Crippen LogP contribution in [0.3, 0.4) is 0 Å². The zero-order chi connectivity index (χ0) is 16.8. The highest BCUT2D eigenvalue weighted by molar-refractivity contribution is 5.80. The van der Waals surface area contributed by atoms with Gasteiger partial charge in [-0.1, -0.05) is 12.1 Å². The van der Waals surface area contributed by atoms with Gasteiger partial charge < -0.3 is 20.3 Å². The molecule has 0 aromatic heterocycles. The molecule has 2 atom stereocenters. The number of nitrogens with zero attached hydrogens (tertiary/aromatic N) is 2. The van der Waals surface area contributed by atoms with Crippen molar-refractivity contribution in [3.05, 3.63) is 29.8 Å². The quantitative estimate of drug-likeness (QED) is 0.644. The Hall–Kier alpha value is -1.75. The molecule has 0 spiro atoms. The van der Waals surface area contributed by atoms with Gasteiger partial charge >= 0.3 is 0 Å². The molecule has 0 aliphatic carbocycles. The Labute approximate surface area is 145 Å². The van der Waals surface area contributed by atoms with Crippen molar-refractivity contribution in [2.75, 3.05) is 38.2 Å². The van der Waals surface area contributed by atoms with Crippen molar-refractivity contribution >= 4 is 11.6 Å². The third-order valence-electron chi connectivity index (χ3n) is 4.94. The first-order chi connectivity index (χ1) is 11.8. The van der Waals surface area contributed by atoms with E-state index >= 15 is 0 Å². The minimum Gasteiger partial charge on any atom is -0.376 e. The second kappa shape index (κ2) is 8.38. The Bertz CT molecular complexity index is 548. The summed E-state index contributed by atoms with van der Waals surface area (Å²) in [6.07, 6.45) is 5.22. The summed E-state index contributed by atoms with van der Waals surface area (Å²) in [6.45, 7) is 6.24. The Morgan fingerprint density at radius 2 is 2.17 bits per heavy atom. The van der Waals surface area contributed by atoms with Gasteiger partial charge in [0, 0.05) is 39.0 Å². The molecule has 5 heteroatoms. The molecule has 2 heterocycles. The molecule has 0 saturated carbocycles. The van der Waals surface area contributed by atoms with Gasteiger partial charge in [0.25, 0.3) is 0 Å². The van der Waals surface area contributed by atoms with Gasteiger partial charge in [0.1, 0.15) is 0 Å². The minimum atomic E-state index is 0.211. The van der Waals surface area contributed by atoms with E-state index in [0.29, 0.717) is 6.10 Å². The number of hydrogen-bond donors (Lipinski definition) is 2. The monoisotopic (exact) mass is 330 g/mol. The SMILES string of the molecule is CN=C(NCC1CCCO1)NC(C)c1cccc(N2CCCC2)c1. The molecule has 132 valence electrons. The number of aliphatic imine (C=N–C) groups is 1. The number of guanidine groups is 1. The maximum Gasteiger partial charge on any atom is 0.191 e. The standard InChI is InChI=1S/C19H30N4O/c1-15(22-19(20-2)21-14-18-9-6-12-24-18)16-7-5-8-17(13-16)23-10-3-4-11-23/h5,7-8,13,15,18H,3-4,6,9-12,14H2,1-2H3,(H2,20,21,22). The van der Waals surface area contributed by atoms with Crippen LogP contribution in [-0.4, -0.2) is 45.4 Å². The molecule has 5 nitrogen and oxygen atoms in total. The lowest BCUT2D eigenvalue weighted by Gasteiger charge is -2.22. The van der Waals surface area contributed by atoms with E-state index in [1.54, 1.807) is 0 Å². The lowest BCUT2D eigenvalue weighted by molar-refractivity contribution is 0.113. The summed E-state index contributed by atoms with van der Waals surface area (Å²) in [4.78, 5) is 6.82. The van der Waals surface area contributed by atoms with Gasteiger partial charge in [0.2, 0.25) is 0 Å². The Balaban J connectivity index is 1.56. The average Bonchev–Trinajstić information content (AvgIpc) is 3.32. The van der Waals surface area contributed by atoms with Gasteiger partial charge in [0.15, 0.2) is 5.96 Å². The van der Waals surface area contributed by atoms with Crippen LogP contribution in [0.5, 0.6) is 0 Å². The fourth-order valence-corrected chi connectivity index (χ4v) is 3.47. The summed E-state index contributed by atoms with van der Waals surface area (Å²) in [5.41, 5.74) is 2.63. The van der Waals surface area contributed by atoms with E-state index in [-0.39, 0.29) is 6.04 Å². The molecule has 0 amide bonds. The largest absolute Gasteiger partial charge is 0.376 e. The van der Waals surface area contributed by atoms with E-state index in [9.17, 15) is 0 Å². The van der Waals surface area contributed by atoms with Crippen molar-refractivity contribution in [2.45, 2.75) is 44.8 Å². The molecule has 2 unspecified atom stereocenters. The first-order valence-electron chi connectivity index (χ1n) is 9.20. The predicted octanol–water partition coefficient (Wildman–Crippen LogP) is 2.69. The molecule has 0 bridgehead atoms. The van der Waals surface area contributed by atoms with Crippen molar-refractivity contribution in [1.82, 2.24) is 10.6 Å². The first-order valence-corrected chi connectivity index (χ1v) is 9.20. The average molecular weight is 330 g/mol. The lowest BCUT2D eigenvalue weighted by Crippen LogP contribution is -2.42. The summed E-state index contributed by atoms with van der Waals surface area (Å²) in [7, 11) is 1.82. The molecular weight excluding hydrogens is 300 g/mol. The molecule has 2 aliphatic rings. The van der Waals surface area contributed by atoms with E-state index in [4.69, 9.17) is 4.74 Å². The number of benzene rings is 1. The van der Waals surface area contributed by atoms with Crippen LogP contribution in [0.25, 0.3) is 0 Å². The Morgan fingerprint density at radius 3 is 2.88 bits per heavy atom. The fourth-order valence-electron chi connectivity index (χ4n) is 3.47. The smallest absolute Gasteiger partial charge is 0.191 e. The summed E-state index contributed by atoms with van der Waals surface area (Å²) in [6, 6.07) is 9.07. The first kappa shape index (κ1) is 17.1. The number of hydrogen-bond acceptors (Lipinski definition) is 3. The van der Waals surface area contributed by atoms with Gasteiger partial charge in [-0.25, -0.2) is 0 Å². The van der Waals surface area contributed by atoms with Gasteiger partial charge in [-0.3, -0.25) is 4.99 Å². The molecule has 2 N–H and O–H groups in total. The highest BCUT2D eigenvalue weighted by Crippen LogP contribution is 2.23. The molecular formula is C19H30N4O. The van der Waals surface area contributed by atoms with Crippen LogP contribution in [0.4, 0.5) is 5.69 Å². The molecule has 2 saturated heterocycles. The van der Waals surface area contributed by atoms with Crippen LogP contribution in [-0.2, 0) is 4.74 Å². The normalized spacial score (nSPS) is 22.7. The van der Waals surface area contributed by atoms with Crippen molar-refractivity contribution in [2.24, 2.45) is 4.99 Å². The second-order valence-electron chi connectivity index (χ2n) is 6.74. The van der Waals surface area contributed by atoms with Crippen LogP contribution < -0.4 is 15.5 Å². The van der Waals surface area contributed by atoms with Crippen molar-refractivity contribution in [3.63, 3.8) is 0 Å². The van der Waals surface area contributed by atoms with Crippen molar-refractivity contribution in [3.8, 4) is 0 Å². The van der Waals surface area contributed by atoms with Gasteiger partial charge in [0.05, 0.1) is 12.1 Å². The fraction of sp³-hybridized carbons (Fsp3) is 0.632. The van der Waals surface area contributed by atoms with Crippen LogP contribution in [0.1, 0.15) is 44.2 Å². The van der Waals surface area contributed by atoms with E-state index in [0.717, 1.165) is 32.0 Å². The Kier molecular flexibility index (Phi) is 5.96. The summed E-state index contributed by atoms with van der Waals surface area (Å²) >= 11 is 0. The van der Waals surface area contributed by atoms with Crippen molar-refractivity contribution in [1.29, 1.82) is 0 Å². The van der Waals surface area contributed by atoms with Gasteiger partial charge in [-0.2, -0.15) is 0 Å². The van der Waals surface area contributed by atoms with E-state index < -0.39 is 0 Å². The second-order valence-corrected chi connectivity index (χ2v) is 6.74. The zero-order valence-electron chi connectivity index (χ0n) is 14.9. The Morgan fingerprint density at radius 1 is 1.33 bits per heavy atom. The maximum atomic E-state index is 5.66. The lowest BCUT2D eigenvalue weighted by atomic mass is 10.1. The molecule has 1 aromatic carbocycles. The van der Waals surface area contributed by atoms with Crippen LogP contribution >= 0.6 is 0 Å². The highest BCUT2D eigenvalue weighted by Gasteiger charge is 2.17. The number of ether oxygens (including phenoxy) is 1. The number of anilines is 1. The highest BCUT2D eigenvalue weighted by atomic mass is 16.5. The van der Waals surface area contributed by atoms with E-state index in [1.165, 1.54) is 37.2 Å². The summed E-state index contributed by atoms with van der Waals surface area (Å²) in [5, 5.41) is 6.87. The van der Waals surface area contributed by atoms with Crippen LogP contribution in [0, 0.1) is 0 Å². The van der Waals surface area contributed by atoms with Crippen LogP contribution in [0.15, 0.2) is 29.3 Å². The third kappa shape index (κ3) is 4.41. The summed E-state index contributed by atoms with van der Waals surface area (Å²) < 4.78 is 5.66. The van der Waals surface area contributed by atoms with Gasteiger partial charge in [-0.15, -0.1) is 0 Å². The van der Waals surface area contributed by atoms with Gasteiger partial charge in [-0.05, 0) is 50.3 Å². The number of nitrogens with one attached hydrogen (secondary N) is 2. The molecule has 24 heavy (non-hydrogen) atoms. The number of rotatable bonds is 5. The minimum absolute atomic E-state index is 0.211. The van der Waals surface area contributed by atoms with E-state index in [1.807, 2.05) is 7.05 Å². The van der Waals surface area contributed by atoms with E-state index in [2.05, 4.69) is 51.7 Å². The zero-order valence-corrected chi connectivity index (χ0v) is 14.9. The van der Waals surface area contributed by atoms with Crippen molar-refractivity contribution < 1.29 is 4.74 Å². The molecule has 0 radical (unpaired) electrons. The maximum absolute atomic E-state index is 5.66. The molecule has 3 rings (SSSR count). The molecule has 1 aromatic rings. The van der Waals surface area contributed by atoms with Crippen LogP contribution in [0.2, 0.25) is 0 Å². The molecule has 2 aliphatic heterocycles. The topological polar surface area (TPSA) is 48.9 Å². The molecule has 2 fully saturated rings. The third-order valence-corrected chi connectivity index (χ3v) is 4.94. The predicted molar refractivity (Wildman–Crippen MR) is 99.8 cm³/mol.